The zero-order valence-electron chi connectivity index (χ0n) is 11.3. The van der Waals surface area contributed by atoms with Crippen LogP contribution in [0.25, 0.3) is 0 Å². The lowest BCUT2D eigenvalue weighted by Gasteiger charge is -2.26. The van der Waals surface area contributed by atoms with Gasteiger partial charge in [-0.15, -0.1) is 0 Å². The molecule has 1 rings (SSSR count). The Morgan fingerprint density at radius 1 is 1.22 bits per heavy atom. The van der Waals surface area contributed by atoms with Crippen LogP contribution in [-0.4, -0.2) is 45.5 Å². The van der Waals surface area contributed by atoms with Gasteiger partial charge in [0.25, 0.3) is 0 Å². The van der Waals surface area contributed by atoms with E-state index in [1.807, 2.05) is 12.3 Å². The lowest BCUT2D eigenvalue weighted by molar-refractivity contribution is 0.191. The normalized spacial score (nSPS) is 10.6. The molecule has 0 aliphatic rings. The SMILES string of the molecule is COCCCN(CCOC)c1ccncc1CN. The van der Waals surface area contributed by atoms with Gasteiger partial charge in [-0.3, -0.25) is 4.98 Å². The summed E-state index contributed by atoms with van der Waals surface area (Å²) >= 11 is 0. The molecule has 0 bridgehead atoms. The van der Waals surface area contributed by atoms with Gasteiger partial charge < -0.3 is 20.1 Å². The molecule has 1 aromatic heterocycles. The molecule has 2 N–H and O–H groups in total. The van der Waals surface area contributed by atoms with Crippen molar-refractivity contribution in [3.63, 3.8) is 0 Å². The molecule has 0 saturated carbocycles. The zero-order valence-corrected chi connectivity index (χ0v) is 11.3. The highest BCUT2D eigenvalue weighted by Gasteiger charge is 2.10. The third-order valence-electron chi connectivity index (χ3n) is 2.78. The van der Waals surface area contributed by atoms with E-state index in [4.69, 9.17) is 15.2 Å². The molecule has 0 saturated heterocycles. The first kappa shape index (κ1) is 14.9. The van der Waals surface area contributed by atoms with Gasteiger partial charge in [0, 0.05) is 64.1 Å². The van der Waals surface area contributed by atoms with E-state index >= 15 is 0 Å². The van der Waals surface area contributed by atoms with E-state index in [1.165, 1.54) is 0 Å². The van der Waals surface area contributed by atoms with Gasteiger partial charge in [0.2, 0.25) is 0 Å². The van der Waals surface area contributed by atoms with Crippen LogP contribution in [-0.2, 0) is 16.0 Å². The highest BCUT2D eigenvalue weighted by Crippen LogP contribution is 2.18. The molecular formula is C13H23N3O2. The first-order chi connectivity index (χ1) is 8.83. The average molecular weight is 253 g/mol. The second kappa shape index (κ2) is 8.85. The Hall–Kier alpha value is -1.17. The van der Waals surface area contributed by atoms with Crippen LogP contribution in [0.1, 0.15) is 12.0 Å². The average Bonchev–Trinajstić information content (AvgIpc) is 2.42. The number of nitrogens with two attached hydrogens (primary N) is 1. The predicted molar refractivity (Wildman–Crippen MR) is 72.7 cm³/mol. The largest absolute Gasteiger partial charge is 0.385 e. The molecule has 0 amide bonds. The number of methoxy groups -OCH3 is 2. The summed E-state index contributed by atoms with van der Waals surface area (Å²) in [7, 11) is 3.43. The molecule has 102 valence electrons. The number of pyridine rings is 1. The van der Waals surface area contributed by atoms with Crippen LogP contribution in [0.4, 0.5) is 5.69 Å². The Kier molecular flexibility index (Phi) is 7.32. The summed E-state index contributed by atoms with van der Waals surface area (Å²) in [4.78, 5) is 6.38. The van der Waals surface area contributed by atoms with Gasteiger partial charge in [-0.25, -0.2) is 0 Å². The molecule has 18 heavy (non-hydrogen) atoms. The summed E-state index contributed by atoms with van der Waals surface area (Å²) in [6.45, 7) is 3.72. The molecule has 0 fully saturated rings. The lowest BCUT2D eigenvalue weighted by atomic mass is 10.2. The minimum absolute atomic E-state index is 0.497. The van der Waals surface area contributed by atoms with E-state index in [0.717, 1.165) is 37.4 Å². The van der Waals surface area contributed by atoms with E-state index in [1.54, 1.807) is 20.4 Å². The molecule has 1 heterocycles. The highest BCUT2D eigenvalue weighted by molar-refractivity contribution is 5.52. The monoisotopic (exact) mass is 253 g/mol. The van der Waals surface area contributed by atoms with Gasteiger partial charge in [-0.2, -0.15) is 0 Å². The Balaban J connectivity index is 2.72. The van der Waals surface area contributed by atoms with Gasteiger partial charge >= 0.3 is 0 Å². The Labute approximate surface area is 109 Å². The number of nitrogens with zero attached hydrogens (tertiary/aromatic N) is 2. The maximum absolute atomic E-state index is 5.75. The molecule has 0 spiro atoms. The second-order valence-corrected chi connectivity index (χ2v) is 4.03. The van der Waals surface area contributed by atoms with E-state index in [9.17, 15) is 0 Å². The fourth-order valence-electron chi connectivity index (χ4n) is 1.84. The fraction of sp³-hybridized carbons (Fsp3) is 0.615. The summed E-state index contributed by atoms with van der Waals surface area (Å²) in [6, 6.07) is 2.00. The zero-order chi connectivity index (χ0) is 13.2. The minimum atomic E-state index is 0.497. The maximum Gasteiger partial charge on any atom is 0.0637 e. The van der Waals surface area contributed by atoms with Crippen molar-refractivity contribution < 1.29 is 9.47 Å². The van der Waals surface area contributed by atoms with Gasteiger partial charge in [0.05, 0.1) is 6.61 Å². The summed E-state index contributed by atoms with van der Waals surface area (Å²) in [5.41, 5.74) is 7.95. The van der Waals surface area contributed by atoms with E-state index in [2.05, 4.69) is 9.88 Å². The second-order valence-electron chi connectivity index (χ2n) is 4.03. The first-order valence-electron chi connectivity index (χ1n) is 6.19. The summed E-state index contributed by atoms with van der Waals surface area (Å²) in [5, 5.41) is 0. The maximum atomic E-state index is 5.75. The molecule has 0 aliphatic heterocycles. The van der Waals surface area contributed by atoms with Crippen molar-refractivity contribution in [2.24, 2.45) is 5.73 Å². The quantitative estimate of drug-likeness (QED) is 0.666. The number of anilines is 1. The van der Waals surface area contributed by atoms with Crippen LogP contribution in [0.2, 0.25) is 0 Å². The molecule has 0 aliphatic carbocycles. The van der Waals surface area contributed by atoms with Gasteiger partial charge in [-0.1, -0.05) is 0 Å². The van der Waals surface area contributed by atoms with Crippen LogP contribution in [0.15, 0.2) is 18.5 Å². The van der Waals surface area contributed by atoms with Gasteiger partial charge in [0.15, 0.2) is 0 Å². The first-order valence-corrected chi connectivity index (χ1v) is 6.19. The standard InChI is InChI=1S/C13H23N3O2/c1-17-8-3-6-16(7-9-18-2)13-4-5-15-11-12(13)10-14/h4-5,11H,3,6-10,14H2,1-2H3. The number of hydrogen-bond donors (Lipinski definition) is 1. The van der Waals surface area contributed by atoms with Crippen molar-refractivity contribution in [3.8, 4) is 0 Å². The van der Waals surface area contributed by atoms with Crippen molar-refractivity contribution in [2.45, 2.75) is 13.0 Å². The molecule has 0 atom stereocenters. The van der Waals surface area contributed by atoms with Crippen LogP contribution in [0, 0.1) is 0 Å². The summed E-state index contributed by atoms with van der Waals surface area (Å²) in [6.07, 6.45) is 4.60. The number of ether oxygens (including phenoxy) is 2. The molecule has 5 heteroatoms. The van der Waals surface area contributed by atoms with Crippen molar-refractivity contribution >= 4 is 5.69 Å². The highest BCUT2D eigenvalue weighted by atomic mass is 16.5. The van der Waals surface area contributed by atoms with Crippen LogP contribution < -0.4 is 10.6 Å². The van der Waals surface area contributed by atoms with E-state index in [-0.39, 0.29) is 0 Å². The molecule has 0 aromatic carbocycles. The molecule has 0 radical (unpaired) electrons. The number of aromatic nitrogens is 1. The molecular weight excluding hydrogens is 230 g/mol. The number of hydrogen-bond acceptors (Lipinski definition) is 5. The molecule has 5 nitrogen and oxygen atoms in total. The fourth-order valence-corrected chi connectivity index (χ4v) is 1.84. The van der Waals surface area contributed by atoms with E-state index in [0.29, 0.717) is 13.2 Å². The predicted octanol–water partition coefficient (Wildman–Crippen LogP) is 1.03. The smallest absolute Gasteiger partial charge is 0.0637 e. The van der Waals surface area contributed by atoms with Crippen molar-refractivity contribution in [2.75, 3.05) is 45.4 Å². The summed E-state index contributed by atoms with van der Waals surface area (Å²) in [5.74, 6) is 0. The van der Waals surface area contributed by atoms with Crippen molar-refractivity contribution in [1.82, 2.24) is 4.98 Å². The molecule has 1 aromatic rings. The third-order valence-corrected chi connectivity index (χ3v) is 2.78. The van der Waals surface area contributed by atoms with Crippen LogP contribution in [0.3, 0.4) is 0 Å². The summed E-state index contributed by atoms with van der Waals surface area (Å²) < 4.78 is 10.2. The minimum Gasteiger partial charge on any atom is -0.385 e. The van der Waals surface area contributed by atoms with Crippen molar-refractivity contribution in [1.29, 1.82) is 0 Å². The van der Waals surface area contributed by atoms with E-state index < -0.39 is 0 Å². The lowest BCUT2D eigenvalue weighted by Crippen LogP contribution is -2.30. The Morgan fingerprint density at radius 2 is 2.00 bits per heavy atom. The Morgan fingerprint density at radius 3 is 2.67 bits per heavy atom. The van der Waals surface area contributed by atoms with Crippen molar-refractivity contribution in [3.05, 3.63) is 24.0 Å². The molecule has 0 unspecified atom stereocenters. The van der Waals surface area contributed by atoms with Gasteiger partial charge in [0.1, 0.15) is 0 Å². The van der Waals surface area contributed by atoms with Crippen LogP contribution >= 0.6 is 0 Å². The third kappa shape index (κ3) is 4.60. The topological polar surface area (TPSA) is 60.6 Å². The Bertz CT molecular complexity index is 334. The van der Waals surface area contributed by atoms with Crippen LogP contribution in [0.5, 0.6) is 0 Å². The number of rotatable bonds is 9. The van der Waals surface area contributed by atoms with Gasteiger partial charge in [-0.05, 0) is 12.5 Å².